The van der Waals surface area contributed by atoms with E-state index in [1.807, 2.05) is 0 Å². The number of rotatable bonds is 5. The molecule has 0 bridgehead atoms. The molecule has 1 aromatic rings. The average molecular weight is 301 g/mol. The van der Waals surface area contributed by atoms with Crippen molar-refractivity contribution in [3.05, 3.63) is 18.2 Å². The first kappa shape index (κ1) is 16.1. The van der Waals surface area contributed by atoms with E-state index >= 15 is 0 Å². The van der Waals surface area contributed by atoms with Crippen molar-refractivity contribution >= 4 is 27.4 Å². The Kier molecular flexibility index (Phi) is 5.17. The smallest absolute Gasteiger partial charge is 0.316 e. The monoisotopic (exact) mass is 301 g/mol. The van der Waals surface area contributed by atoms with E-state index in [0.29, 0.717) is 18.8 Å². The predicted octanol–water partition coefficient (Wildman–Crippen LogP) is -0.401. The van der Waals surface area contributed by atoms with Crippen LogP contribution in [0.2, 0.25) is 0 Å². The quantitative estimate of drug-likeness (QED) is 0.434. The molecule has 2 amide bonds. The van der Waals surface area contributed by atoms with Gasteiger partial charge in [0.1, 0.15) is 4.90 Å². The number of primary sulfonamides is 1. The van der Waals surface area contributed by atoms with Crippen molar-refractivity contribution in [2.24, 2.45) is 5.14 Å². The number of urea groups is 1. The lowest BCUT2D eigenvalue weighted by Gasteiger charge is -2.13. The highest BCUT2D eigenvalue weighted by Gasteiger charge is 2.12. The fourth-order valence-electron chi connectivity index (χ4n) is 1.45. The first-order chi connectivity index (χ1) is 9.21. The van der Waals surface area contributed by atoms with E-state index in [1.165, 1.54) is 17.0 Å². The van der Waals surface area contributed by atoms with Crippen LogP contribution in [0, 0.1) is 0 Å². The number of carbonyl (C=O) groups is 1. The zero-order valence-corrected chi connectivity index (χ0v) is 12.2. The van der Waals surface area contributed by atoms with Crippen molar-refractivity contribution in [2.45, 2.75) is 4.90 Å². The van der Waals surface area contributed by atoms with E-state index in [1.54, 1.807) is 20.2 Å². The molecule has 0 aliphatic carbocycles. The molecule has 0 heterocycles. The van der Waals surface area contributed by atoms with Crippen molar-refractivity contribution in [3.8, 4) is 0 Å². The van der Waals surface area contributed by atoms with Crippen LogP contribution in [-0.2, 0) is 10.0 Å². The maximum atomic E-state index is 11.2. The zero-order valence-electron chi connectivity index (χ0n) is 11.4. The maximum Gasteiger partial charge on any atom is 0.316 e. The summed E-state index contributed by atoms with van der Waals surface area (Å²) < 4.78 is 22.4. The van der Waals surface area contributed by atoms with Crippen LogP contribution >= 0.6 is 0 Å². The molecule has 0 aromatic heterocycles. The molecule has 6 N–H and O–H groups in total. The SMILES string of the molecule is CN(C)C(=O)NCCNc1ccc(S(N)(=O)=O)c(N)c1. The molecule has 1 aromatic carbocycles. The van der Waals surface area contributed by atoms with Gasteiger partial charge in [0.05, 0.1) is 5.69 Å². The summed E-state index contributed by atoms with van der Waals surface area (Å²) in [6.45, 7) is 0.904. The summed E-state index contributed by atoms with van der Waals surface area (Å²) in [6, 6.07) is 4.19. The zero-order chi connectivity index (χ0) is 15.3. The van der Waals surface area contributed by atoms with Crippen LogP contribution in [0.1, 0.15) is 0 Å². The molecule has 20 heavy (non-hydrogen) atoms. The van der Waals surface area contributed by atoms with Gasteiger partial charge < -0.3 is 21.3 Å². The molecule has 0 aliphatic heterocycles. The lowest BCUT2D eigenvalue weighted by atomic mass is 10.3. The predicted molar refractivity (Wildman–Crippen MR) is 77.8 cm³/mol. The molecule has 0 unspecified atom stereocenters. The van der Waals surface area contributed by atoms with Gasteiger partial charge in [-0.1, -0.05) is 0 Å². The minimum absolute atomic E-state index is 0.0785. The van der Waals surface area contributed by atoms with Crippen LogP contribution in [0.3, 0.4) is 0 Å². The van der Waals surface area contributed by atoms with Gasteiger partial charge in [-0.25, -0.2) is 18.4 Å². The van der Waals surface area contributed by atoms with Gasteiger partial charge in [0.2, 0.25) is 10.0 Å². The fourth-order valence-corrected chi connectivity index (χ4v) is 2.10. The molecule has 0 saturated carbocycles. The van der Waals surface area contributed by atoms with Crippen molar-refractivity contribution in [1.29, 1.82) is 0 Å². The summed E-state index contributed by atoms with van der Waals surface area (Å²) in [7, 11) is -0.515. The second kappa shape index (κ2) is 6.44. The summed E-state index contributed by atoms with van der Waals surface area (Å²) in [5.74, 6) is 0. The number of anilines is 2. The second-order valence-electron chi connectivity index (χ2n) is 4.35. The maximum absolute atomic E-state index is 11.2. The highest BCUT2D eigenvalue weighted by Crippen LogP contribution is 2.20. The number of hydrogen-bond donors (Lipinski definition) is 4. The number of benzene rings is 1. The number of nitrogens with two attached hydrogens (primary N) is 2. The molecule has 0 saturated heterocycles. The number of carbonyl (C=O) groups excluding carboxylic acids is 1. The van der Waals surface area contributed by atoms with Gasteiger partial charge in [0.25, 0.3) is 0 Å². The Labute approximate surface area is 118 Å². The topological polar surface area (TPSA) is 131 Å². The highest BCUT2D eigenvalue weighted by molar-refractivity contribution is 7.89. The van der Waals surface area contributed by atoms with E-state index < -0.39 is 10.0 Å². The van der Waals surface area contributed by atoms with E-state index in [9.17, 15) is 13.2 Å². The van der Waals surface area contributed by atoms with Gasteiger partial charge in [-0.3, -0.25) is 0 Å². The Morgan fingerprint density at radius 1 is 1.30 bits per heavy atom. The number of amides is 2. The van der Waals surface area contributed by atoms with Crippen molar-refractivity contribution < 1.29 is 13.2 Å². The molecular formula is C11H19N5O3S. The van der Waals surface area contributed by atoms with Gasteiger partial charge >= 0.3 is 6.03 Å². The van der Waals surface area contributed by atoms with E-state index in [4.69, 9.17) is 10.9 Å². The average Bonchev–Trinajstić information content (AvgIpc) is 2.32. The van der Waals surface area contributed by atoms with Crippen LogP contribution in [0.4, 0.5) is 16.2 Å². The van der Waals surface area contributed by atoms with Crippen LogP contribution in [-0.4, -0.2) is 46.5 Å². The largest absolute Gasteiger partial charge is 0.398 e. The highest BCUT2D eigenvalue weighted by atomic mass is 32.2. The molecule has 0 spiro atoms. The minimum Gasteiger partial charge on any atom is -0.398 e. The lowest BCUT2D eigenvalue weighted by molar-refractivity contribution is 0.218. The van der Waals surface area contributed by atoms with Crippen molar-refractivity contribution in [1.82, 2.24) is 10.2 Å². The van der Waals surface area contributed by atoms with Gasteiger partial charge in [-0.05, 0) is 18.2 Å². The number of hydrogen-bond acceptors (Lipinski definition) is 5. The molecular weight excluding hydrogens is 282 g/mol. The van der Waals surface area contributed by atoms with Gasteiger partial charge in [-0.15, -0.1) is 0 Å². The molecule has 0 aliphatic rings. The normalized spacial score (nSPS) is 10.9. The second-order valence-corrected chi connectivity index (χ2v) is 5.88. The van der Waals surface area contributed by atoms with Crippen LogP contribution < -0.4 is 21.5 Å². The molecule has 8 nitrogen and oxygen atoms in total. The standard InChI is InChI=1S/C11H19N5O3S/c1-16(2)11(17)15-6-5-14-8-3-4-10(9(12)7-8)20(13,18)19/h3-4,7,14H,5-6,12H2,1-2H3,(H,15,17)(H2,13,18,19). The summed E-state index contributed by atoms with van der Waals surface area (Å²) in [4.78, 5) is 12.6. The van der Waals surface area contributed by atoms with Crippen LogP contribution in [0.5, 0.6) is 0 Å². The van der Waals surface area contributed by atoms with Gasteiger partial charge in [-0.2, -0.15) is 0 Å². The molecule has 112 valence electrons. The Morgan fingerprint density at radius 3 is 2.45 bits per heavy atom. The first-order valence-electron chi connectivity index (χ1n) is 5.83. The Balaban J connectivity index is 2.55. The third-order valence-corrected chi connectivity index (χ3v) is 3.44. The van der Waals surface area contributed by atoms with Gasteiger partial charge in [0.15, 0.2) is 0 Å². The van der Waals surface area contributed by atoms with Crippen LogP contribution in [0.15, 0.2) is 23.1 Å². The van der Waals surface area contributed by atoms with Gasteiger partial charge in [0, 0.05) is 32.9 Å². The number of nitrogen functional groups attached to an aromatic ring is 1. The first-order valence-corrected chi connectivity index (χ1v) is 7.38. The number of sulfonamides is 1. The fraction of sp³-hybridized carbons (Fsp3) is 0.364. The Hall–Kier alpha value is -2.00. The minimum atomic E-state index is -3.81. The van der Waals surface area contributed by atoms with Crippen molar-refractivity contribution in [2.75, 3.05) is 38.2 Å². The molecule has 0 radical (unpaired) electrons. The summed E-state index contributed by atoms with van der Waals surface area (Å²) in [5, 5.41) is 10.7. The molecule has 0 fully saturated rings. The summed E-state index contributed by atoms with van der Waals surface area (Å²) in [5.41, 5.74) is 6.35. The van der Waals surface area contributed by atoms with Crippen LogP contribution in [0.25, 0.3) is 0 Å². The lowest BCUT2D eigenvalue weighted by Crippen LogP contribution is -2.37. The molecule has 1 rings (SSSR count). The summed E-state index contributed by atoms with van der Waals surface area (Å²) in [6.07, 6.45) is 0. The third-order valence-electron chi connectivity index (χ3n) is 2.45. The number of nitrogens with zero attached hydrogens (tertiary/aromatic N) is 1. The van der Waals surface area contributed by atoms with E-state index in [0.717, 1.165) is 0 Å². The Bertz CT molecular complexity index is 586. The summed E-state index contributed by atoms with van der Waals surface area (Å²) >= 11 is 0. The van der Waals surface area contributed by atoms with E-state index in [2.05, 4.69) is 10.6 Å². The third kappa shape index (κ3) is 4.59. The number of nitrogens with one attached hydrogen (secondary N) is 2. The molecule has 0 atom stereocenters. The molecule has 9 heteroatoms. The Morgan fingerprint density at radius 2 is 1.95 bits per heavy atom. The van der Waals surface area contributed by atoms with Crippen molar-refractivity contribution in [3.63, 3.8) is 0 Å². The van der Waals surface area contributed by atoms with E-state index in [-0.39, 0.29) is 16.6 Å².